The van der Waals surface area contributed by atoms with Gasteiger partial charge in [-0.2, -0.15) is 0 Å². The average Bonchev–Trinajstić information content (AvgIpc) is 3.06. The highest BCUT2D eigenvalue weighted by Crippen LogP contribution is 2.31. The number of amides is 1. The zero-order chi connectivity index (χ0) is 13.9. The van der Waals surface area contributed by atoms with E-state index in [0.29, 0.717) is 12.8 Å². The molecular weight excluding hydrogens is 252 g/mol. The SMILES string of the molecule is O=C(CCN1CCCC1)N[C@@H]1c2ccccc2C[C@@H]1O. The van der Waals surface area contributed by atoms with Gasteiger partial charge in [-0.25, -0.2) is 0 Å². The molecule has 2 atom stereocenters. The molecule has 0 spiro atoms. The number of nitrogens with one attached hydrogen (secondary N) is 1. The van der Waals surface area contributed by atoms with Crippen LogP contribution in [0.3, 0.4) is 0 Å². The first-order valence-corrected chi connectivity index (χ1v) is 7.51. The fourth-order valence-corrected chi connectivity index (χ4v) is 3.26. The van der Waals surface area contributed by atoms with Crippen LogP contribution in [-0.4, -0.2) is 41.7 Å². The molecule has 4 nitrogen and oxygen atoms in total. The Morgan fingerprint density at radius 2 is 2.05 bits per heavy atom. The van der Waals surface area contributed by atoms with E-state index in [9.17, 15) is 9.90 Å². The van der Waals surface area contributed by atoms with Crippen LogP contribution in [0.15, 0.2) is 24.3 Å². The summed E-state index contributed by atoms with van der Waals surface area (Å²) in [5.41, 5.74) is 2.21. The third-order valence-corrected chi connectivity index (χ3v) is 4.37. The second-order valence-electron chi connectivity index (χ2n) is 5.81. The van der Waals surface area contributed by atoms with Gasteiger partial charge in [-0.15, -0.1) is 0 Å². The Bertz CT molecular complexity index is 483. The molecule has 0 bridgehead atoms. The van der Waals surface area contributed by atoms with Crippen molar-refractivity contribution in [3.8, 4) is 0 Å². The van der Waals surface area contributed by atoms with Gasteiger partial charge in [0, 0.05) is 19.4 Å². The maximum absolute atomic E-state index is 12.1. The summed E-state index contributed by atoms with van der Waals surface area (Å²) < 4.78 is 0. The van der Waals surface area contributed by atoms with Gasteiger partial charge in [-0.05, 0) is 37.1 Å². The van der Waals surface area contributed by atoms with E-state index in [-0.39, 0.29) is 11.9 Å². The van der Waals surface area contributed by atoms with Gasteiger partial charge < -0.3 is 15.3 Å². The molecule has 1 heterocycles. The minimum atomic E-state index is -0.497. The third-order valence-electron chi connectivity index (χ3n) is 4.37. The highest BCUT2D eigenvalue weighted by atomic mass is 16.3. The topological polar surface area (TPSA) is 52.6 Å². The van der Waals surface area contributed by atoms with Gasteiger partial charge in [0.25, 0.3) is 0 Å². The first kappa shape index (κ1) is 13.6. The van der Waals surface area contributed by atoms with E-state index in [1.165, 1.54) is 12.8 Å². The number of carbonyl (C=O) groups excluding carboxylic acids is 1. The highest BCUT2D eigenvalue weighted by molar-refractivity contribution is 5.77. The molecule has 1 saturated heterocycles. The Morgan fingerprint density at radius 3 is 2.85 bits per heavy atom. The zero-order valence-electron chi connectivity index (χ0n) is 11.7. The number of benzene rings is 1. The van der Waals surface area contributed by atoms with Crippen molar-refractivity contribution < 1.29 is 9.90 Å². The number of aliphatic hydroxyl groups excluding tert-OH is 1. The van der Waals surface area contributed by atoms with Crippen LogP contribution >= 0.6 is 0 Å². The summed E-state index contributed by atoms with van der Waals surface area (Å²) in [4.78, 5) is 14.4. The molecule has 1 aliphatic heterocycles. The van der Waals surface area contributed by atoms with Crippen molar-refractivity contribution in [2.24, 2.45) is 0 Å². The second kappa shape index (κ2) is 5.94. The highest BCUT2D eigenvalue weighted by Gasteiger charge is 2.31. The largest absolute Gasteiger partial charge is 0.390 e. The van der Waals surface area contributed by atoms with Crippen LogP contribution in [0, 0.1) is 0 Å². The van der Waals surface area contributed by atoms with Crippen LogP contribution in [0.5, 0.6) is 0 Å². The van der Waals surface area contributed by atoms with Crippen LogP contribution < -0.4 is 5.32 Å². The lowest BCUT2D eigenvalue weighted by molar-refractivity contribution is -0.122. The fraction of sp³-hybridized carbons (Fsp3) is 0.562. The Kier molecular flexibility index (Phi) is 4.03. The Labute approximate surface area is 119 Å². The molecule has 0 aromatic heterocycles. The van der Waals surface area contributed by atoms with E-state index in [0.717, 1.165) is 30.8 Å². The van der Waals surface area contributed by atoms with E-state index in [1.54, 1.807) is 0 Å². The van der Waals surface area contributed by atoms with E-state index >= 15 is 0 Å². The van der Waals surface area contributed by atoms with Crippen LogP contribution in [0.25, 0.3) is 0 Å². The molecule has 1 aliphatic carbocycles. The van der Waals surface area contributed by atoms with Crippen molar-refractivity contribution in [3.05, 3.63) is 35.4 Å². The van der Waals surface area contributed by atoms with E-state index in [1.807, 2.05) is 24.3 Å². The molecule has 1 aromatic rings. The number of hydrogen-bond donors (Lipinski definition) is 2. The molecule has 2 aliphatic rings. The van der Waals surface area contributed by atoms with Gasteiger partial charge >= 0.3 is 0 Å². The van der Waals surface area contributed by atoms with Crippen LogP contribution in [-0.2, 0) is 11.2 Å². The molecule has 0 radical (unpaired) electrons. The number of carbonyl (C=O) groups is 1. The van der Waals surface area contributed by atoms with Crippen LogP contribution in [0.4, 0.5) is 0 Å². The summed E-state index contributed by atoms with van der Waals surface area (Å²) in [6.45, 7) is 3.06. The van der Waals surface area contributed by atoms with Crippen LogP contribution in [0.2, 0.25) is 0 Å². The lowest BCUT2D eigenvalue weighted by atomic mass is 10.1. The number of rotatable bonds is 4. The predicted molar refractivity (Wildman–Crippen MR) is 77.3 cm³/mol. The molecule has 1 amide bonds. The minimum absolute atomic E-state index is 0.0395. The lowest BCUT2D eigenvalue weighted by Crippen LogP contribution is -2.35. The van der Waals surface area contributed by atoms with Crippen molar-refractivity contribution in [1.82, 2.24) is 10.2 Å². The first-order chi connectivity index (χ1) is 9.74. The van der Waals surface area contributed by atoms with E-state index < -0.39 is 6.10 Å². The summed E-state index contributed by atoms with van der Waals surface area (Å²) in [5, 5.41) is 13.1. The van der Waals surface area contributed by atoms with Gasteiger partial charge in [0.1, 0.15) is 0 Å². The third kappa shape index (κ3) is 2.86. The number of likely N-dealkylation sites (tertiary alicyclic amines) is 1. The minimum Gasteiger partial charge on any atom is -0.390 e. The van der Waals surface area contributed by atoms with Gasteiger partial charge in [-0.3, -0.25) is 4.79 Å². The molecule has 2 N–H and O–H groups in total. The van der Waals surface area contributed by atoms with Gasteiger partial charge in [0.2, 0.25) is 5.91 Å². The number of hydrogen-bond acceptors (Lipinski definition) is 3. The Hall–Kier alpha value is -1.39. The van der Waals surface area contributed by atoms with Crippen molar-refractivity contribution in [1.29, 1.82) is 0 Å². The summed E-state index contributed by atoms with van der Waals surface area (Å²) in [6, 6.07) is 7.72. The van der Waals surface area contributed by atoms with Crippen molar-refractivity contribution in [3.63, 3.8) is 0 Å². The summed E-state index contributed by atoms with van der Waals surface area (Å²) in [7, 11) is 0. The van der Waals surface area contributed by atoms with Crippen molar-refractivity contribution in [2.75, 3.05) is 19.6 Å². The smallest absolute Gasteiger partial charge is 0.221 e. The molecule has 0 saturated carbocycles. The van der Waals surface area contributed by atoms with Crippen molar-refractivity contribution in [2.45, 2.75) is 37.8 Å². The van der Waals surface area contributed by atoms with Gasteiger partial charge in [0.15, 0.2) is 0 Å². The quantitative estimate of drug-likeness (QED) is 0.869. The van der Waals surface area contributed by atoms with E-state index in [4.69, 9.17) is 0 Å². The number of fused-ring (bicyclic) bond motifs is 1. The average molecular weight is 274 g/mol. The molecular formula is C16H22N2O2. The second-order valence-corrected chi connectivity index (χ2v) is 5.81. The zero-order valence-corrected chi connectivity index (χ0v) is 11.7. The Balaban J connectivity index is 1.55. The normalized spacial score (nSPS) is 25.6. The van der Waals surface area contributed by atoms with Crippen LogP contribution in [0.1, 0.15) is 36.4 Å². The van der Waals surface area contributed by atoms with E-state index in [2.05, 4.69) is 10.2 Å². The maximum Gasteiger partial charge on any atom is 0.221 e. The molecule has 0 unspecified atom stereocenters. The first-order valence-electron chi connectivity index (χ1n) is 7.51. The molecule has 3 rings (SSSR count). The monoisotopic (exact) mass is 274 g/mol. The van der Waals surface area contributed by atoms with Gasteiger partial charge in [-0.1, -0.05) is 24.3 Å². The van der Waals surface area contributed by atoms with Gasteiger partial charge in [0.05, 0.1) is 12.1 Å². The number of nitrogens with zero attached hydrogens (tertiary/aromatic N) is 1. The molecule has 4 heteroatoms. The summed E-state index contributed by atoms with van der Waals surface area (Å²) in [6.07, 6.45) is 3.15. The maximum atomic E-state index is 12.1. The summed E-state index contributed by atoms with van der Waals surface area (Å²) >= 11 is 0. The van der Waals surface area contributed by atoms with Crippen molar-refractivity contribution >= 4 is 5.91 Å². The lowest BCUT2D eigenvalue weighted by Gasteiger charge is -2.19. The molecule has 20 heavy (non-hydrogen) atoms. The molecule has 1 aromatic carbocycles. The standard InChI is InChI=1S/C16H22N2O2/c19-14-11-12-5-1-2-6-13(12)16(14)17-15(20)7-10-18-8-3-4-9-18/h1-2,5-6,14,16,19H,3-4,7-11H2,(H,17,20)/t14-,16+/m0/s1. The molecule has 1 fully saturated rings. The fourth-order valence-electron chi connectivity index (χ4n) is 3.26. The predicted octanol–water partition coefficient (Wildman–Crippen LogP) is 1.25. The summed E-state index contributed by atoms with van der Waals surface area (Å²) in [5.74, 6) is 0.0395. The Morgan fingerprint density at radius 1 is 1.30 bits per heavy atom. The molecule has 108 valence electrons. The number of aliphatic hydroxyl groups is 1.